The van der Waals surface area contributed by atoms with E-state index in [1.54, 1.807) is 0 Å². The summed E-state index contributed by atoms with van der Waals surface area (Å²) in [6.07, 6.45) is -4.55. The van der Waals surface area contributed by atoms with E-state index in [-0.39, 0.29) is 23.2 Å². The molecule has 1 heterocycles. The van der Waals surface area contributed by atoms with E-state index in [1.807, 2.05) is 0 Å². The van der Waals surface area contributed by atoms with Crippen molar-refractivity contribution in [1.29, 1.82) is 0 Å². The van der Waals surface area contributed by atoms with E-state index in [0.29, 0.717) is 23.7 Å². The topological polar surface area (TPSA) is 67.2 Å². The molecule has 3 atom stereocenters. The van der Waals surface area contributed by atoms with Crippen LogP contribution in [0.15, 0.2) is 18.2 Å². The fourth-order valence-electron chi connectivity index (χ4n) is 3.83. The van der Waals surface area contributed by atoms with Crippen molar-refractivity contribution < 1.29 is 31.9 Å². The molecule has 0 aliphatic heterocycles. The third-order valence-corrected chi connectivity index (χ3v) is 5.15. The quantitative estimate of drug-likeness (QED) is 0.758. The van der Waals surface area contributed by atoms with Crippen LogP contribution < -0.4 is 5.32 Å². The van der Waals surface area contributed by atoms with Gasteiger partial charge in [-0.1, -0.05) is 0 Å². The Hall–Kier alpha value is -2.49. The lowest BCUT2D eigenvalue weighted by Crippen LogP contribution is -2.41. The highest BCUT2D eigenvalue weighted by Gasteiger charge is 2.50. The average molecular weight is 401 g/mol. The molecule has 0 spiro atoms. The van der Waals surface area contributed by atoms with Gasteiger partial charge in [0.25, 0.3) is 5.91 Å². The number of aromatic nitrogens is 2. The standard InChI is InChI=1S/C18H16F5N3O2/c19-9-1-2-14(13(20)5-9)26-16-11-3-8(11)4-12(16)15(25-26)17(28)24-10(7-27)6-18(21,22)23/h1-2,5,8,10-11,27H,3-4,6-7H2,(H,24,28)/t8-,10-,11-/m1/s1. The zero-order valence-electron chi connectivity index (χ0n) is 14.4. The fourth-order valence-corrected chi connectivity index (χ4v) is 3.83. The molecule has 0 bridgehead atoms. The number of carbonyl (C=O) groups excluding carboxylic acids is 1. The van der Waals surface area contributed by atoms with Crippen LogP contribution in [-0.2, 0) is 6.42 Å². The van der Waals surface area contributed by atoms with Crippen molar-refractivity contribution in [3.8, 4) is 5.69 Å². The smallest absolute Gasteiger partial charge is 0.391 e. The van der Waals surface area contributed by atoms with Crippen LogP contribution in [0, 0.1) is 17.6 Å². The molecule has 4 rings (SSSR count). The monoisotopic (exact) mass is 401 g/mol. The fraction of sp³-hybridized carbons (Fsp3) is 0.444. The van der Waals surface area contributed by atoms with Gasteiger partial charge >= 0.3 is 6.18 Å². The number of fused-ring (bicyclic) bond motifs is 3. The number of aliphatic hydroxyl groups excluding tert-OH is 1. The SMILES string of the molecule is O=C(N[C@@H](CO)CC(F)(F)F)c1nn(-c2ccc(F)cc2F)c2c1C[C@H]1C[C@@H]21. The van der Waals surface area contributed by atoms with Crippen LogP contribution >= 0.6 is 0 Å². The van der Waals surface area contributed by atoms with Crippen LogP contribution in [0.3, 0.4) is 0 Å². The Balaban J connectivity index is 1.67. The second-order valence-corrected chi connectivity index (χ2v) is 7.20. The van der Waals surface area contributed by atoms with Crippen LogP contribution in [0.4, 0.5) is 22.0 Å². The van der Waals surface area contributed by atoms with Crippen molar-refractivity contribution in [3.63, 3.8) is 0 Å². The van der Waals surface area contributed by atoms with Crippen molar-refractivity contribution in [2.75, 3.05) is 6.61 Å². The Morgan fingerprint density at radius 1 is 1.36 bits per heavy atom. The maximum absolute atomic E-state index is 14.2. The summed E-state index contributed by atoms with van der Waals surface area (Å²) in [5, 5.41) is 15.4. The molecule has 28 heavy (non-hydrogen) atoms. The Morgan fingerprint density at radius 2 is 2.11 bits per heavy atom. The zero-order chi connectivity index (χ0) is 20.2. The third-order valence-electron chi connectivity index (χ3n) is 5.15. The Kier molecular flexibility index (Phi) is 4.40. The molecule has 1 aromatic carbocycles. The molecule has 10 heteroatoms. The van der Waals surface area contributed by atoms with Crippen LogP contribution in [0.1, 0.15) is 40.5 Å². The summed E-state index contributed by atoms with van der Waals surface area (Å²) in [6, 6.07) is 1.46. The summed E-state index contributed by atoms with van der Waals surface area (Å²) in [6.45, 7) is -0.883. The molecule has 2 aliphatic carbocycles. The molecule has 0 radical (unpaired) electrons. The van der Waals surface area contributed by atoms with Gasteiger partial charge in [-0.05, 0) is 30.9 Å². The first-order valence-corrected chi connectivity index (χ1v) is 8.73. The van der Waals surface area contributed by atoms with E-state index < -0.39 is 42.8 Å². The summed E-state index contributed by atoms with van der Waals surface area (Å²) in [5.41, 5.74) is 1.08. The number of rotatable bonds is 5. The van der Waals surface area contributed by atoms with Crippen molar-refractivity contribution in [3.05, 3.63) is 46.8 Å². The van der Waals surface area contributed by atoms with E-state index in [1.165, 1.54) is 10.7 Å². The summed E-state index contributed by atoms with van der Waals surface area (Å²) in [4.78, 5) is 12.5. The van der Waals surface area contributed by atoms with Gasteiger partial charge in [0.05, 0.1) is 24.8 Å². The molecule has 1 amide bonds. The first-order valence-electron chi connectivity index (χ1n) is 8.73. The molecule has 1 aromatic heterocycles. The number of hydrogen-bond acceptors (Lipinski definition) is 3. The van der Waals surface area contributed by atoms with Gasteiger partial charge in [-0.3, -0.25) is 4.79 Å². The summed E-state index contributed by atoms with van der Waals surface area (Å²) >= 11 is 0. The molecular formula is C18H16F5N3O2. The summed E-state index contributed by atoms with van der Waals surface area (Å²) in [7, 11) is 0. The van der Waals surface area contributed by atoms with Gasteiger partial charge in [-0.15, -0.1) is 0 Å². The molecule has 150 valence electrons. The van der Waals surface area contributed by atoms with E-state index in [2.05, 4.69) is 10.4 Å². The minimum absolute atomic E-state index is 0.0294. The normalized spacial score (nSPS) is 21.2. The van der Waals surface area contributed by atoms with Gasteiger partial charge < -0.3 is 10.4 Å². The molecule has 5 nitrogen and oxygen atoms in total. The first kappa shape index (κ1) is 18.9. The molecule has 0 unspecified atom stereocenters. The van der Waals surface area contributed by atoms with Gasteiger partial charge in [-0.2, -0.15) is 18.3 Å². The van der Waals surface area contributed by atoms with E-state index >= 15 is 0 Å². The molecule has 1 fully saturated rings. The minimum Gasteiger partial charge on any atom is -0.394 e. The lowest BCUT2D eigenvalue weighted by atomic mass is 10.1. The maximum Gasteiger partial charge on any atom is 0.391 e. The Bertz CT molecular complexity index is 940. The number of nitrogens with one attached hydrogen (secondary N) is 1. The Labute approximate surface area is 156 Å². The molecule has 2 aliphatic rings. The van der Waals surface area contributed by atoms with Crippen molar-refractivity contribution >= 4 is 5.91 Å². The second-order valence-electron chi connectivity index (χ2n) is 7.20. The highest BCUT2D eigenvalue weighted by molar-refractivity contribution is 5.94. The molecule has 0 saturated heterocycles. The number of amides is 1. The number of halogens is 5. The van der Waals surface area contributed by atoms with Gasteiger partial charge in [-0.25, -0.2) is 13.5 Å². The summed E-state index contributed by atoms with van der Waals surface area (Å²) in [5.74, 6) is -2.09. The number of aliphatic hydroxyl groups is 1. The largest absolute Gasteiger partial charge is 0.394 e. The van der Waals surface area contributed by atoms with E-state index in [9.17, 15) is 26.7 Å². The molecule has 1 saturated carbocycles. The van der Waals surface area contributed by atoms with Gasteiger partial charge in [0.1, 0.15) is 11.5 Å². The van der Waals surface area contributed by atoms with Crippen molar-refractivity contribution in [2.45, 2.75) is 37.4 Å². The highest BCUT2D eigenvalue weighted by atomic mass is 19.4. The number of hydrogen-bond donors (Lipinski definition) is 2. The second kappa shape index (κ2) is 6.54. The van der Waals surface area contributed by atoms with Crippen LogP contribution in [0.25, 0.3) is 5.69 Å². The zero-order valence-corrected chi connectivity index (χ0v) is 14.4. The number of benzene rings is 1. The van der Waals surface area contributed by atoms with Crippen molar-refractivity contribution in [2.24, 2.45) is 5.92 Å². The van der Waals surface area contributed by atoms with Gasteiger partial charge in [0.15, 0.2) is 11.5 Å². The molecule has 2 N–H and O–H groups in total. The number of carbonyl (C=O) groups is 1. The molecular weight excluding hydrogens is 385 g/mol. The van der Waals surface area contributed by atoms with Crippen LogP contribution in [0.5, 0.6) is 0 Å². The summed E-state index contributed by atoms with van der Waals surface area (Å²) < 4.78 is 66.4. The van der Waals surface area contributed by atoms with Crippen molar-refractivity contribution in [1.82, 2.24) is 15.1 Å². The van der Waals surface area contributed by atoms with Gasteiger partial charge in [0, 0.05) is 17.5 Å². The number of nitrogens with zero attached hydrogens (tertiary/aromatic N) is 2. The number of alkyl halides is 3. The predicted molar refractivity (Wildman–Crippen MR) is 87.0 cm³/mol. The van der Waals surface area contributed by atoms with Crippen LogP contribution in [0.2, 0.25) is 0 Å². The maximum atomic E-state index is 14.2. The lowest BCUT2D eigenvalue weighted by molar-refractivity contribution is -0.141. The van der Waals surface area contributed by atoms with E-state index in [0.717, 1.165) is 12.5 Å². The average Bonchev–Trinajstić information content (AvgIpc) is 3.09. The minimum atomic E-state index is -4.55. The predicted octanol–water partition coefficient (Wildman–Crippen LogP) is 2.85. The first-order chi connectivity index (χ1) is 13.2. The van der Waals surface area contributed by atoms with Crippen LogP contribution in [-0.4, -0.2) is 39.6 Å². The lowest BCUT2D eigenvalue weighted by Gasteiger charge is -2.17. The van der Waals surface area contributed by atoms with Gasteiger partial charge in [0.2, 0.25) is 0 Å². The highest BCUT2D eigenvalue weighted by Crippen LogP contribution is 2.57. The van der Waals surface area contributed by atoms with E-state index in [4.69, 9.17) is 5.11 Å². The third kappa shape index (κ3) is 3.36. The molecule has 2 aromatic rings. The Morgan fingerprint density at radius 3 is 2.75 bits per heavy atom.